The summed E-state index contributed by atoms with van der Waals surface area (Å²) in [6.07, 6.45) is 5.73. The molecule has 0 N–H and O–H groups in total. The van der Waals surface area contributed by atoms with E-state index < -0.39 is 0 Å². The van der Waals surface area contributed by atoms with Crippen LogP contribution in [0.25, 0.3) is 0 Å². The lowest BCUT2D eigenvalue weighted by Gasteiger charge is -1.93. The van der Waals surface area contributed by atoms with Gasteiger partial charge in [-0.15, -0.1) is 0 Å². The zero-order valence-corrected chi connectivity index (χ0v) is 5.79. The van der Waals surface area contributed by atoms with Gasteiger partial charge in [-0.25, -0.2) is 4.79 Å². The van der Waals surface area contributed by atoms with E-state index in [1.54, 1.807) is 0 Å². The van der Waals surface area contributed by atoms with Gasteiger partial charge in [-0.05, 0) is 12.3 Å². The molecule has 0 aliphatic heterocycles. The van der Waals surface area contributed by atoms with Crippen LogP contribution in [0.15, 0.2) is 17.3 Å². The quantitative estimate of drug-likeness (QED) is 0.418. The lowest BCUT2D eigenvalue weighted by atomic mass is 10.1. The van der Waals surface area contributed by atoms with Crippen LogP contribution in [0.1, 0.15) is 20.3 Å². The van der Waals surface area contributed by atoms with Gasteiger partial charge in [0.15, 0.2) is 0 Å². The number of hydrogen-bond donors (Lipinski definition) is 0. The monoisotopic (exact) mass is 125 g/mol. The van der Waals surface area contributed by atoms with Gasteiger partial charge in [0.05, 0.1) is 0 Å². The smallest absolute Gasteiger partial charge is 0.211 e. The molecule has 0 aromatic heterocycles. The number of isocyanates is 1. The maximum absolute atomic E-state index is 9.51. The van der Waals surface area contributed by atoms with Gasteiger partial charge in [0.1, 0.15) is 0 Å². The third-order valence-corrected chi connectivity index (χ3v) is 0.840. The molecule has 0 aliphatic carbocycles. The van der Waals surface area contributed by atoms with Crippen molar-refractivity contribution in [3.63, 3.8) is 0 Å². The Balaban J connectivity index is 3.36. The fourth-order valence-corrected chi connectivity index (χ4v) is 0.416. The molecule has 0 amide bonds. The molecule has 0 rings (SSSR count). The number of hydrogen-bond acceptors (Lipinski definition) is 2. The largest absolute Gasteiger partial charge is 0.239 e. The average Bonchev–Trinajstić information content (AvgIpc) is 1.80. The van der Waals surface area contributed by atoms with E-state index in [1.165, 1.54) is 12.3 Å². The Bertz CT molecular complexity index is 132. The standard InChI is InChI=1S/C7H11NO/c1-7(2)4-3-5-8-6-9/h3,5,7H,4H2,1-2H3. The van der Waals surface area contributed by atoms with E-state index in [0.29, 0.717) is 5.92 Å². The van der Waals surface area contributed by atoms with Crippen LogP contribution in [0.5, 0.6) is 0 Å². The Morgan fingerprint density at radius 1 is 1.67 bits per heavy atom. The van der Waals surface area contributed by atoms with Crippen LogP contribution < -0.4 is 0 Å². The molecule has 0 saturated heterocycles. The second-order valence-corrected chi connectivity index (χ2v) is 2.23. The van der Waals surface area contributed by atoms with E-state index in [-0.39, 0.29) is 0 Å². The van der Waals surface area contributed by atoms with Gasteiger partial charge in [0.25, 0.3) is 0 Å². The van der Waals surface area contributed by atoms with E-state index in [1.807, 2.05) is 6.08 Å². The lowest BCUT2D eigenvalue weighted by Crippen LogP contribution is -1.80. The molecule has 0 atom stereocenters. The molecule has 2 nitrogen and oxygen atoms in total. The second-order valence-electron chi connectivity index (χ2n) is 2.23. The van der Waals surface area contributed by atoms with E-state index in [2.05, 4.69) is 18.8 Å². The van der Waals surface area contributed by atoms with Gasteiger partial charge in [-0.1, -0.05) is 19.9 Å². The van der Waals surface area contributed by atoms with E-state index >= 15 is 0 Å². The first kappa shape index (κ1) is 8.12. The van der Waals surface area contributed by atoms with Gasteiger partial charge in [-0.2, -0.15) is 4.99 Å². The van der Waals surface area contributed by atoms with Crippen LogP contribution in [0.2, 0.25) is 0 Å². The highest BCUT2D eigenvalue weighted by molar-refractivity contribution is 5.34. The third-order valence-electron chi connectivity index (χ3n) is 0.840. The minimum Gasteiger partial charge on any atom is -0.211 e. The molecular weight excluding hydrogens is 114 g/mol. The van der Waals surface area contributed by atoms with Crippen LogP contribution in [0.3, 0.4) is 0 Å². The number of rotatable bonds is 3. The Morgan fingerprint density at radius 3 is 2.78 bits per heavy atom. The molecule has 0 radical (unpaired) electrons. The van der Waals surface area contributed by atoms with Gasteiger partial charge >= 0.3 is 0 Å². The van der Waals surface area contributed by atoms with Crippen molar-refractivity contribution in [1.82, 2.24) is 0 Å². The molecule has 0 heterocycles. The Hall–Kier alpha value is -0.880. The van der Waals surface area contributed by atoms with Crippen LogP contribution in [0, 0.1) is 5.92 Å². The van der Waals surface area contributed by atoms with Gasteiger partial charge in [-0.3, -0.25) is 0 Å². The summed E-state index contributed by atoms with van der Waals surface area (Å²) in [7, 11) is 0. The molecule has 0 aromatic carbocycles. The molecule has 0 unspecified atom stereocenters. The highest BCUT2D eigenvalue weighted by atomic mass is 16.1. The average molecular weight is 125 g/mol. The van der Waals surface area contributed by atoms with Gasteiger partial charge < -0.3 is 0 Å². The summed E-state index contributed by atoms with van der Waals surface area (Å²) >= 11 is 0. The number of carbonyl (C=O) groups excluding carboxylic acids is 1. The first-order valence-corrected chi connectivity index (χ1v) is 2.99. The summed E-state index contributed by atoms with van der Waals surface area (Å²) in [6, 6.07) is 0. The van der Waals surface area contributed by atoms with Crippen molar-refractivity contribution in [1.29, 1.82) is 0 Å². The van der Waals surface area contributed by atoms with Crippen LogP contribution >= 0.6 is 0 Å². The van der Waals surface area contributed by atoms with Crippen molar-refractivity contribution in [2.24, 2.45) is 10.9 Å². The predicted molar refractivity (Wildman–Crippen MR) is 36.7 cm³/mol. The topological polar surface area (TPSA) is 29.4 Å². The number of nitrogens with zero attached hydrogens (tertiary/aromatic N) is 1. The maximum atomic E-state index is 9.51. The highest BCUT2D eigenvalue weighted by Gasteiger charge is 1.84. The molecule has 0 spiro atoms. The summed E-state index contributed by atoms with van der Waals surface area (Å²) in [6.45, 7) is 4.21. The normalized spacial score (nSPS) is 10.1. The fraction of sp³-hybridized carbons (Fsp3) is 0.571. The van der Waals surface area contributed by atoms with E-state index in [4.69, 9.17) is 0 Å². The minimum atomic E-state index is 0.628. The van der Waals surface area contributed by atoms with E-state index in [9.17, 15) is 4.79 Å². The fourth-order valence-electron chi connectivity index (χ4n) is 0.416. The van der Waals surface area contributed by atoms with Crippen LogP contribution in [-0.2, 0) is 4.79 Å². The van der Waals surface area contributed by atoms with E-state index in [0.717, 1.165) is 6.42 Å². The molecule has 2 heteroatoms. The van der Waals surface area contributed by atoms with Crippen molar-refractivity contribution in [3.05, 3.63) is 12.3 Å². The van der Waals surface area contributed by atoms with Crippen molar-refractivity contribution < 1.29 is 4.79 Å². The Kier molecular flexibility index (Phi) is 4.75. The first-order valence-electron chi connectivity index (χ1n) is 2.99. The summed E-state index contributed by atoms with van der Waals surface area (Å²) in [5.74, 6) is 0.628. The summed E-state index contributed by atoms with van der Waals surface area (Å²) in [5, 5.41) is 0. The maximum Gasteiger partial charge on any atom is 0.239 e. The SMILES string of the molecule is CC(C)CC=CN=C=O. The van der Waals surface area contributed by atoms with Crippen LogP contribution in [-0.4, -0.2) is 6.08 Å². The minimum absolute atomic E-state index is 0.628. The summed E-state index contributed by atoms with van der Waals surface area (Å²) < 4.78 is 0. The summed E-state index contributed by atoms with van der Waals surface area (Å²) in [4.78, 5) is 12.8. The van der Waals surface area contributed by atoms with Gasteiger partial charge in [0.2, 0.25) is 6.08 Å². The van der Waals surface area contributed by atoms with Crippen molar-refractivity contribution in [3.8, 4) is 0 Å². The molecule has 0 fully saturated rings. The Labute approximate surface area is 55.3 Å². The van der Waals surface area contributed by atoms with Crippen LogP contribution in [0.4, 0.5) is 0 Å². The third kappa shape index (κ3) is 7.12. The molecule has 0 aliphatic rings. The summed E-state index contributed by atoms with van der Waals surface area (Å²) in [5.41, 5.74) is 0. The Morgan fingerprint density at radius 2 is 2.33 bits per heavy atom. The molecule has 9 heavy (non-hydrogen) atoms. The molecular formula is C7H11NO. The zero-order valence-electron chi connectivity index (χ0n) is 5.79. The highest BCUT2D eigenvalue weighted by Crippen LogP contribution is 1.98. The van der Waals surface area contributed by atoms with Crippen molar-refractivity contribution in [2.45, 2.75) is 20.3 Å². The molecule has 0 aromatic rings. The molecule has 0 saturated carbocycles. The van der Waals surface area contributed by atoms with Crippen molar-refractivity contribution in [2.75, 3.05) is 0 Å². The first-order chi connectivity index (χ1) is 4.27. The number of allylic oxidation sites excluding steroid dienone is 1. The predicted octanol–water partition coefficient (Wildman–Crippen LogP) is 1.88. The lowest BCUT2D eigenvalue weighted by molar-refractivity contribution is 0.565. The second kappa shape index (κ2) is 5.26. The number of aliphatic imine (C=N–C) groups is 1. The zero-order chi connectivity index (χ0) is 7.11. The molecule has 0 bridgehead atoms. The van der Waals surface area contributed by atoms with Crippen molar-refractivity contribution >= 4 is 6.08 Å². The molecule has 50 valence electrons. The van der Waals surface area contributed by atoms with Gasteiger partial charge in [0, 0.05) is 6.20 Å².